The highest BCUT2D eigenvalue weighted by Crippen LogP contribution is 2.33. The van der Waals surface area contributed by atoms with Crippen LogP contribution in [0.5, 0.6) is 5.75 Å². The van der Waals surface area contributed by atoms with E-state index in [0.29, 0.717) is 11.8 Å². The van der Waals surface area contributed by atoms with E-state index < -0.39 is 0 Å². The van der Waals surface area contributed by atoms with E-state index in [9.17, 15) is 0 Å². The van der Waals surface area contributed by atoms with Gasteiger partial charge in [0.15, 0.2) is 0 Å². The molecule has 0 atom stereocenters. The Bertz CT molecular complexity index is 279. The average molecular weight is 206 g/mol. The normalized spacial score (nSPS) is 11.0. The summed E-state index contributed by atoms with van der Waals surface area (Å²) in [5.41, 5.74) is 2.68. The zero-order valence-corrected chi connectivity index (χ0v) is 11.8. The fourth-order valence-electron chi connectivity index (χ4n) is 1.72. The SMILES string of the molecule is CC(C)c1cccc(C(C)C)c1[O][AlH2]. The van der Waals surface area contributed by atoms with Gasteiger partial charge in [0.2, 0.25) is 0 Å². The van der Waals surface area contributed by atoms with Crippen molar-refractivity contribution >= 4 is 16.6 Å². The van der Waals surface area contributed by atoms with Crippen molar-refractivity contribution in [2.75, 3.05) is 0 Å². The molecule has 0 saturated heterocycles. The number of para-hydroxylation sites is 1. The Labute approximate surface area is 95.2 Å². The van der Waals surface area contributed by atoms with Crippen molar-refractivity contribution in [3.8, 4) is 5.75 Å². The zero-order valence-electron chi connectivity index (χ0n) is 9.79. The molecule has 1 nitrogen and oxygen atoms in total. The molecular weight excluding hydrogens is 187 g/mol. The Hall–Kier alpha value is -0.448. The lowest BCUT2D eigenvalue weighted by atomic mass is 9.94. The molecule has 0 radical (unpaired) electrons. The Balaban J connectivity index is 3.25. The summed E-state index contributed by atoms with van der Waals surface area (Å²) in [4.78, 5) is 0. The monoisotopic (exact) mass is 206 g/mol. The zero-order chi connectivity index (χ0) is 10.7. The van der Waals surface area contributed by atoms with E-state index in [1.54, 1.807) is 0 Å². The molecule has 14 heavy (non-hydrogen) atoms. The fraction of sp³-hybridized carbons (Fsp3) is 0.500. The van der Waals surface area contributed by atoms with Crippen molar-refractivity contribution in [2.45, 2.75) is 39.5 Å². The van der Waals surface area contributed by atoms with Crippen molar-refractivity contribution in [2.24, 2.45) is 0 Å². The second-order valence-electron chi connectivity index (χ2n) is 4.28. The summed E-state index contributed by atoms with van der Waals surface area (Å²) >= 11 is 0.765. The van der Waals surface area contributed by atoms with Crippen LogP contribution in [0.15, 0.2) is 18.2 Å². The van der Waals surface area contributed by atoms with E-state index in [0.717, 1.165) is 22.4 Å². The molecule has 0 aliphatic rings. The predicted octanol–water partition coefficient (Wildman–Crippen LogP) is 2.86. The van der Waals surface area contributed by atoms with Gasteiger partial charge in [-0.2, -0.15) is 0 Å². The van der Waals surface area contributed by atoms with Crippen LogP contribution < -0.4 is 3.79 Å². The largest absolute Gasteiger partial charge is 0.647 e. The summed E-state index contributed by atoms with van der Waals surface area (Å²) in [6.45, 7) is 8.85. The van der Waals surface area contributed by atoms with Crippen LogP contribution in [0.1, 0.15) is 50.7 Å². The highest BCUT2D eigenvalue weighted by molar-refractivity contribution is 6.00. The first kappa shape index (κ1) is 11.6. The van der Waals surface area contributed by atoms with Gasteiger partial charge >= 0.3 is 16.6 Å². The Morgan fingerprint density at radius 1 is 1.00 bits per heavy atom. The van der Waals surface area contributed by atoms with Crippen LogP contribution in [0.3, 0.4) is 0 Å². The molecule has 0 aromatic heterocycles. The molecule has 1 aromatic carbocycles. The minimum absolute atomic E-state index is 0.539. The van der Waals surface area contributed by atoms with Gasteiger partial charge in [0, 0.05) is 0 Å². The molecule has 0 heterocycles. The van der Waals surface area contributed by atoms with Crippen molar-refractivity contribution < 1.29 is 3.79 Å². The van der Waals surface area contributed by atoms with E-state index in [2.05, 4.69) is 45.9 Å². The number of hydrogen-bond donors (Lipinski definition) is 0. The molecular formula is C12H19AlO. The summed E-state index contributed by atoms with van der Waals surface area (Å²) in [7, 11) is 0. The van der Waals surface area contributed by atoms with Crippen molar-refractivity contribution in [3.05, 3.63) is 29.3 Å². The Morgan fingerprint density at radius 2 is 1.43 bits per heavy atom. The Morgan fingerprint density at radius 3 is 1.71 bits per heavy atom. The molecule has 0 fully saturated rings. The van der Waals surface area contributed by atoms with Crippen LogP contribution in [0.25, 0.3) is 0 Å². The van der Waals surface area contributed by atoms with Crippen molar-refractivity contribution in [3.63, 3.8) is 0 Å². The minimum atomic E-state index is 0.539. The highest BCUT2D eigenvalue weighted by atomic mass is 27.1. The molecule has 76 valence electrons. The molecule has 0 amide bonds. The van der Waals surface area contributed by atoms with E-state index in [1.807, 2.05) is 0 Å². The molecule has 1 rings (SSSR count). The third-order valence-corrected chi connectivity index (χ3v) is 2.93. The van der Waals surface area contributed by atoms with Gasteiger partial charge in [-0.15, -0.1) is 0 Å². The van der Waals surface area contributed by atoms with Crippen LogP contribution in [0, 0.1) is 0 Å². The molecule has 0 unspecified atom stereocenters. The summed E-state index contributed by atoms with van der Waals surface area (Å²) < 4.78 is 5.64. The first-order valence-electron chi connectivity index (χ1n) is 5.24. The van der Waals surface area contributed by atoms with Gasteiger partial charge < -0.3 is 3.79 Å². The topological polar surface area (TPSA) is 9.23 Å². The number of rotatable bonds is 3. The number of hydrogen-bond acceptors (Lipinski definition) is 1. The van der Waals surface area contributed by atoms with Crippen LogP contribution in [0.4, 0.5) is 0 Å². The third-order valence-electron chi connectivity index (χ3n) is 2.52. The van der Waals surface area contributed by atoms with Gasteiger partial charge in [0.25, 0.3) is 0 Å². The molecule has 0 N–H and O–H groups in total. The second-order valence-corrected chi connectivity index (χ2v) is 4.69. The minimum Gasteiger partial charge on any atom is -0.647 e. The summed E-state index contributed by atoms with van der Waals surface area (Å²) in [5.74, 6) is 2.21. The lowest BCUT2D eigenvalue weighted by Gasteiger charge is -2.19. The molecule has 0 bridgehead atoms. The summed E-state index contributed by atoms with van der Waals surface area (Å²) in [5, 5.41) is 0. The Kier molecular flexibility index (Phi) is 4.04. The van der Waals surface area contributed by atoms with Gasteiger partial charge in [-0.3, -0.25) is 0 Å². The maximum absolute atomic E-state index is 5.64. The molecule has 1 aromatic rings. The van der Waals surface area contributed by atoms with E-state index in [4.69, 9.17) is 3.79 Å². The first-order chi connectivity index (χ1) is 6.57. The lowest BCUT2D eigenvalue weighted by molar-refractivity contribution is 0.580. The first-order valence-corrected chi connectivity index (χ1v) is 6.06. The maximum atomic E-state index is 5.64. The smallest absolute Gasteiger partial charge is 0.496 e. The van der Waals surface area contributed by atoms with Crippen LogP contribution >= 0.6 is 0 Å². The average Bonchev–Trinajstić information content (AvgIpc) is 2.16. The lowest BCUT2D eigenvalue weighted by Crippen LogP contribution is -2.01. The van der Waals surface area contributed by atoms with Crippen molar-refractivity contribution in [1.82, 2.24) is 0 Å². The van der Waals surface area contributed by atoms with Crippen LogP contribution in [-0.4, -0.2) is 16.6 Å². The molecule has 2 heteroatoms. The van der Waals surface area contributed by atoms with Crippen molar-refractivity contribution in [1.29, 1.82) is 0 Å². The fourth-order valence-corrected chi connectivity index (χ4v) is 2.19. The molecule has 0 spiro atoms. The molecule has 0 aliphatic carbocycles. The van der Waals surface area contributed by atoms with Gasteiger partial charge in [-0.25, -0.2) is 0 Å². The second kappa shape index (κ2) is 4.87. The van der Waals surface area contributed by atoms with Gasteiger partial charge in [-0.05, 0) is 23.0 Å². The maximum Gasteiger partial charge on any atom is 0.496 e. The quantitative estimate of drug-likeness (QED) is 0.691. The highest BCUT2D eigenvalue weighted by Gasteiger charge is 2.12. The van der Waals surface area contributed by atoms with Gasteiger partial charge in [-0.1, -0.05) is 45.9 Å². The van der Waals surface area contributed by atoms with Crippen LogP contribution in [0.2, 0.25) is 0 Å². The van der Waals surface area contributed by atoms with Crippen LogP contribution in [-0.2, 0) is 0 Å². The van der Waals surface area contributed by atoms with Gasteiger partial charge in [0.05, 0.1) is 5.75 Å². The third kappa shape index (κ3) is 2.32. The van der Waals surface area contributed by atoms with E-state index in [-0.39, 0.29) is 0 Å². The summed E-state index contributed by atoms with van der Waals surface area (Å²) in [6, 6.07) is 6.47. The standard InChI is InChI=1S/C12H18O.Al.2H/c1-8(2)10-6-5-7-11(9(3)4)12(10)13;;;/h5-9,13H,1-4H3;;;/q;+1;;/p-1. The number of benzene rings is 1. The van der Waals surface area contributed by atoms with Gasteiger partial charge in [0.1, 0.15) is 0 Å². The molecule has 0 aliphatic heterocycles. The predicted molar refractivity (Wildman–Crippen MR) is 63.8 cm³/mol. The summed E-state index contributed by atoms with van der Waals surface area (Å²) in [6.07, 6.45) is 0. The van der Waals surface area contributed by atoms with E-state index in [1.165, 1.54) is 11.1 Å². The van der Waals surface area contributed by atoms with E-state index >= 15 is 0 Å². The molecule has 0 saturated carbocycles.